The number of aromatic nitrogens is 2. The summed E-state index contributed by atoms with van der Waals surface area (Å²) in [5.74, 6) is 0. The number of H-pyrrole nitrogens is 1. The van der Waals surface area contributed by atoms with Gasteiger partial charge in [0.1, 0.15) is 0 Å². The molecule has 1 aromatic carbocycles. The molecule has 0 aliphatic heterocycles. The number of hydrogen-bond donors (Lipinski definition) is 1. The SMILES string of the molecule is CC(Cc1cccs1)n1c(=S)[nH]c2cc(Cl)c(Cl)cc21. The van der Waals surface area contributed by atoms with Gasteiger partial charge in [-0.2, -0.15) is 0 Å². The number of thiophene rings is 1. The molecule has 0 fully saturated rings. The predicted molar refractivity (Wildman–Crippen MR) is 89.9 cm³/mol. The smallest absolute Gasteiger partial charge is 0.178 e. The highest BCUT2D eigenvalue weighted by Crippen LogP contribution is 2.30. The normalized spacial score (nSPS) is 12.9. The summed E-state index contributed by atoms with van der Waals surface area (Å²) in [4.78, 5) is 4.54. The first-order chi connectivity index (χ1) is 9.56. The Kier molecular flexibility index (Phi) is 3.91. The number of halogens is 2. The number of benzene rings is 1. The first kappa shape index (κ1) is 14.1. The highest BCUT2D eigenvalue weighted by Gasteiger charge is 2.14. The lowest BCUT2D eigenvalue weighted by Crippen LogP contribution is -2.07. The minimum absolute atomic E-state index is 0.257. The van der Waals surface area contributed by atoms with Crippen molar-refractivity contribution in [1.29, 1.82) is 0 Å². The Morgan fingerprint density at radius 1 is 1.35 bits per heavy atom. The molecule has 1 unspecified atom stereocenters. The van der Waals surface area contributed by atoms with Gasteiger partial charge in [-0.1, -0.05) is 29.3 Å². The molecule has 2 heterocycles. The summed E-state index contributed by atoms with van der Waals surface area (Å²) in [6.45, 7) is 2.16. The van der Waals surface area contributed by atoms with Crippen molar-refractivity contribution in [2.75, 3.05) is 0 Å². The maximum atomic E-state index is 6.13. The highest BCUT2D eigenvalue weighted by atomic mass is 35.5. The average molecular weight is 343 g/mol. The molecule has 6 heteroatoms. The van der Waals surface area contributed by atoms with Crippen LogP contribution in [0.25, 0.3) is 11.0 Å². The molecule has 0 radical (unpaired) electrons. The van der Waals surface area contributed by atoms with Gasteiger partial charge < -0.3 is 9.55 Å². The molecule has 0 aliphatic rings. The minimum atomic E-state index is 0.257. The van der Waals surface area contributed by atoms with Gasteiger partial charge in [0.15, 0.2) is 4.77 Å². The van der Waals surface area contributed by atoms with E-state index in [1.807, 2.05) is 12.1 Å². The number of hydrogen-bond acceptors (Lipinski definition) is 2. The van der Waals surface area contributed by atoms with E-state index < -0.39 is 0 Å². The molecular formula is C14H12Cl2N2S2. The Hall–Kier alpha value is -0.810. The minimum Gasteiger partial charge on any atom is -0.331 e. The highest BCUT2D eigenvalue weighted by molar-refractivity contribution is 7.71. The maximum Gasteiger partial charge on any atom is 0.178 e. The van der Waals surface area contributed by atoms with Gasteiger partial charge in [-0.05, 0) is 42.7 Å². The van der Waals surface area contributed by atoms with Crippen molar-refractivity contribution in [3.63, 3.8) is 0 Å². The van der Waals surface area contributed by atoms with Crippen LogP contribution in [0.15, 0.2) is 29.6 Å². The first-order valence-corrected chi connectivity index (χ1v) is 8.22. The summed E-state index contributed by atoms with van der Waals surface area (Å²) >= 11 is 19.4. The van der Waals surface area contributed by atoms with Gasteiger partial charge in [0.05, 0.1) is 21.1 Å². The van der Waals surface area contributed by atoms with E-state index in [1.165, 1.54) is 4.88 Å². The van der Waals surface area contributed by atoms with Crippen LogP contribution >= 0.6 is 46.8 Å². The zero-order chi connectivity index (χ0) is 14.3. The van der Waals surface area contributed by atoms with Gasteiger partial charge in [0.2, 0.25) is 0 Å². The molecule has 0 aliphatic carbocycles. The van der Waals surface area contributed by atoms with E-state index in [0.29, 0.717) is 14.8 Å². The molecular weight excluding hydrogens is 331 g/mol. The van der Waals surface area contributed by atoms with Crippen molar-refractivity contribution in [3.8, 4) is 0 Å². The second-order valence-electron chi connectivity index (χ2n) is 4.72. The van der Waals surface area contributed by atoms with Crippen molar-refractivity contribution < 1.29 is 0 Å². The molecule has 3 rings (SSSR count). The fraction of sp³-hybridized carbons (Fsp3) is 0.214. The van der Waals surface area contributed by atoms with Crippen LogP contribution in [0.2, 0.25) is 10.0 Å². The Morgan fingerprint density at radius 2 is 2.10 bits per heavy atom. The van der Waals surface area contributed by atoms with Crippen molar-refractivity contribution in [1.82, 2.24) is 9.55 Å². The molecule has 2 nitrogen and oxygen atoms in total. The Morgan fingerprint density at radius 3 is 2.80 bits per heavy atom. The number of nitrogens with zero attached hydrogens (tertiary/aromatic N) is 1. The van der Waals surface area contributed by atoms with E-state index in [2.05, 4.69) is 34.0 Å². The Balaban J connectivity index is 2.08. The van der Waals surface area contributed by atoms with Crippen LogP contribution in [-0.2, 0) is 6.42 Å². The monoisotopic (exact) mass is 342 g/mol. The fourth-order valence-electron chi connectivity index (χ4n) is 2.37. The van der Waals surface area contributed by atoms with E-state index in [4.69, 9.17) is 35.4 Å². The zero-order valence-electron chi connectivity index (χ0n) is 10.7. The lowest BCUT2D eigenvalue weighted by Gasteiger charge is -2.14. The van der Waals surface area contributed by atoms with Crippen LogP contribution in [0.3, 0.4) is 0 Å². The largest absolute Gasteiger partial charge is 0.331 e. The molecule has 0 amide bonds. The summed E-state index contributed by atoms with van der Waals surface area (Å²) in [6.07, 6.45) is 0.944. The lowest BCUT2D eigenvalue weighted by atomic mass is 10.2. The van der Waals surface area contributed by atoms with Crippen LogP contribution in [-0.4, -0.2) is 9.55 Å². The van der Waals surface area contributed by atoms with E-state index in [-0.39, 0.29) is 6.04 Å². The van der Waals surface area contributed by atoms with Crippen LogP contribution in [0, 0.1) is 4.77 Å². The van der Waals surface area contributed by atoms with Gasteiger partial charge in [0.25, 0.3) is 0 Å². The summed E-state index contributed by atoms with van der Waals surface area (Å²) in [5.41, 5.74) is 1.91. The van der Waals surface area contributed by atoms with E-state index >= 15 is 0 Å². The van der Waals surface area contributed by atoms with Crippen LogP contribution < -0.4 is 0 Å². The van der Waals surface area contributed by atoms with Gasteiger partial charge in [-0.15, -0.1) is 11.3 Å². The van der Waals surface area contributed by atoms with E-state index in [1.54, 1.807) is 11.3 Å². The summed E-state index contributed by atoms with van der Waals surface area (Å²) in [7, 11) is 0. The quantitative estimate of drug-likeness (QED) is 0.590. The third kappa shape index (κ3) is 2.53. The van der Waals surface area contributed by atoms with Crippen LogP contribution in [0.1, 0.15) is 17.8 Å². The van der Waals surface area contributed by atoms with Gasteiger partial charge in [-0.25, -0.2) is 0 Å². The summed E-state index contributed by atoms with van der Waals surface area (Å²) in [5, 5.41) is 3.17. The molecule has 3 aromatic rings. The number of rotatable bonds is 3. The molecule has 0 saturated carbocycles. The van der Waals surface area contributed by atoms with Gasteiger partial charge >= 0.3 is 0 Å². The molecule has 20 heavy (non-hydrogen) atoms. The van der Waals surface area contributed by atoms with Crippen molar-refractivity contribution in [3.05, 3.63) is 49.3 Å². The Bertz CT molecular complexity index is 803. The fourth-order valence-corrected chi connectivity index (χ4v) is 3.91. The van der Waals surface area contributed by atoms with Gasteiger partial charge in [-0.3, -0.25) is 0 Å². The molecule has 0 bridgehead atoms. The lowest BCUT2D eigenvalue weighted by molar-refractivity contribution is 0.557. The average Bonchev–Trinajstić information content (AvgIpc) is 2.97. The van der Waals surface area contributed by atoms with E-state index in [9.17, 15) is 0 Å². The predicted octanol–water partition coefficient (Wildman–Crippen LogP) is 5.87. The number of nitrogens with one attached hydrogen (secondary N) is 1. The molecule has 2 aromatic heterocycles. The van der Waals surface area contributed by atoms with Crippen LogP contribution in [0.5, 0.6) is 0 Å². The molecule has 1 N–H and O–H groups in total. The molecule has 1 atom stereocenters. The third-order valence-corrected chi connectivity index (χ3v) is 5.20. The number of aromatic amines is 1. The second-order valence-corrected chi connectivity index (χ2v) is 6.95. The standard InChI is InChI=1S/C14H12Cl2N2S2/c1-8(5-9-3-2-4-20-9)18-13-7-11(16)10(15)6-12(13)17-14(18)19/h2-4,6-8H,5H2,1H3,(H,17,19). The maximum absolute atomic E-state index is 6.13. The zero-order valence-corrected chi connectivity index (χ0v) is 13.8. The Labute approximate surface area is 136 Å². The summed E-state index contributed by atoms with van der Waals surface area (Å²) < 4.78 is 2.80. The molecule has 0 spiro atoms. The first-order valence-electron chi connectivity index (χ1n) is 6.18. The van der Waals surface area contributed by atoms with Crippen LogP contribution in [0.4, 0.5) is 0 Å². The molecule has 0 saturated heterocycles. The topological polar surface area (TPSA) is 20.7 Å². The van der Waals surface area contributed by atoms with Crippen molar-refractivity contribution in [2.45, 2.75) is 19.4 Å². The summed E-state index contributed by atoms with van der Waals surface area (Å²) in [6, 6.07) is 8.16. The molecule has 104 valence electrons. The van der Waals surface area contributed by atoms with Gasteiger partial charge in [0, 0.05) is 17.3 Å². The van der Waals surface area contributed by atoms with E-state index in [0.717, 1.165) is 17.5 Å². The number of imidazole rings is 1. The van der Waals surface area contributed by atoms with Crippen molar-refractivity contribution in [2.24, 2.45) is 0 Å². The van der Waals surface area contributed by atoms with Crippen molar-refractivity contribution >= 4 is 57.8 Å². The third-order valence-electron chi connectivity index (χ3n) is 3.28. The second kappa shape index (κ2) is 5.53. The number of fused-ring (bicyclic) bond motifs is 1.